The fourth-order valence-electron chi connectivity index (χ4n) is 1.62. The molecular weight excluding hydrogens is 191 g/mol. The topological polar surface area (TPSA) is 20.2 Å². The number of aliphatic hydroxyl groups is 1. The summed E-state index contributed by atoms with van der Waals surface area (Å²) in [6, 6.07) is 3.38. The average molecular weight is 208 g/mol. The SMILES string of the molecule is C=C(C)C[C@@H](O)c1cc(C)c(F)c(C)c1. The van der Waals surface area contributed by atoms with Crippen molar-refractivity contribution in [2.45, 2.75) is 33.3 Å². The maximum absolute atomic E-state index is 13.3. The van der Waals surface area contributed by atoms with E-state index in [-0.39, 0.29) is 5.82 Å². The quantitative estimate of drug-likeness (QED) is 0.754. The Balaban J connectivity index is 3.00. The Morgan fingerprint density at radius 2 is 1.87 bits per heavy atom. The third-order valence-electron chi connectivity index (χ3n) is 2.39. The van der Waals surface area contributed by atoms with E-state index in [1.165, 1.54) is 0 Å². The third kappa shape index (κ3) is 2.90. The molecule has 0 radical (unpaired) electrons. The summed E-state index contributed by atoms with van der Waals surface area (Å²) in [4.78, 5) is 0. The fourth-order valence-corrected chi connectivity index (χ4v) is 1.62. The second-order valence-electron chi connectivity index (χ2n) is 4.15. The van der Waals surface area contributed by atoms with E-state index in [1.807, 2.05) is 6.92 Å². The molecule has 0 saturated carbocycles. The lowest BCUT2D eigenvalue weighted by atomic mass is 9.99. The molecular formula is C13H17FO. The molecule has 0 unspecified atom stereocenters. The average Bonchev–Trinajstić information content (AvgIpc) is 2.12. The lowest BCUT2D eigenvalue weighted by Gasteiger charge is -2.13. The molecule has 15 heavy (non-hydrogen) atoms. The molecule has 1 rings (SSSR count). The summed E-state index contributed by atoms with van der Waals surface area (Å²) < 4.78 is 13.3. The minimum atomic E-state index is -0.583. The van der Waals surface area contributed by atoms with Gasteiger partial charge in [-0.15, -0.1) is 6.58 Å². The molecule has 1 aromatic rings. The van der Waals surface area contributed by atoms with E-state index in [0.717, 1.165) is 11.1 Å². The van der Waals surface area contributed by atoms with Gasteiger partial charge < -0.3 is 5.11 Å². The lowest BCUT2D eigenvalue weighted by Crippen LogP contribution is -2.00. The van der Waals surface area contributed by atoms with Crippen LogP contribution in [0.1, 0.15) is 36.1 Å². The Bertz CT molecular complexity index is 359. The van der Waals surface area contributed by atoms with Gasteiger partial charge >= 0.3 is 0 Å². The van der Waals surface area contributed by atoms with Crippen molar-refractivity contribution in [2.75, 3.05) is 0 Å². The summed E-state index contributed by atoms with van der Waals surface area (Å²) in [5.41, 5.74) is 2.83. The monoisotopic (exact) mass is 208 g/mol. The van der Waals surface area contributed by atoms with Crippen molar-refractivity contribution in [3.8, 4) is 0 Å². The molecule has 0 aliphatic rings. The first-order valence-electron chi connectivity index (χ1n) is 5.01. The highest BCUT2D eigenvalue weighted by Gasteiger charge is 2.11. The van der Waals surface area contributed by atoms with Crippen LogP contribution in [0.4, 0.5) is 4.39 Å². The predicted octanol–water partition coefficient (Wildman–Crippen LogP) is 3.44. The molecule has 0 fully saturated rings. The largest absolute Gasteiger partial charge is 0.388 e. The van der Waals surface area contributed by atoms with Crippen molar-refractivity contribution in [2.24, 2.45) is 0 Å². The van der Waals surface area contributed by atoms with Gasteiger partial charge in [-0.05, 0) is 43.9 Å². The van der Waals surface area contributed by atoms with Crippen molar-refractivity contribution in [3.05, 3.63) is 46.8 Å². The number of aryl methyl sites for hydroxylation is 2. The maximum Gasteiger partial charge on any atom is 0.129 e. The molecule has 1 nitrogen and oxygen atoms in total. The summed E-state index contributed by atoms with van der Waals surface area (Å²) in [7, 11) is 0. The molecule has 2 heteroatoms. The van der Waals surface area contributed by atoms with Crippen LogP contribution in [0.5, 0.6) is 0 Å². The summed E-state index contributed by atoms with van der Waals surface area (Å²) in [5, 5.41) is 9.85. The molecule has 82 valence electrons. The van der Waals surface area contributed by atoms with E-state index < -0.39 is 6.10 Å². The smallest absolute Gasteiger partial charge is 0.129 e. The lowest BCUT2D eigenvalue weighted by molar-refractivity contribution is 0.178. The van der Waals surface area contributed by atoms with Gasteiger partial charge in [0.05, 0.1) is 6.10 Å². The summed E-state index contributed by atoms with van der Waals surface area (Å²) in [6.45, 7) is 9.03. The van der Waals surface area contributed by atoms with Crippen LogP contribution in [0, 0.1) is 19.7 Å². The number of aliphatic hydroxyl groups excluding tert-OH is 1. The van der Waals surface area contributed by atoms with Crippen LogP contribution in [-0.4, -0.2) is 5.11 Å². The van der Waals surface area contributed by atoms with E-state index in [9.17, 15) is 9.50 Å². The highest BCUT2D eigenvalue weighted by Crippen LogP contribution is 2.24. The Morgan fingerprint density at radius 1 is 1.40 bits per heavy atom. The molecule has 0 amide bonds. The molecule has 1 atom stereocenters. The molecule has 0 heterocycles. The molecule has 1 aromatic carbocycles. The molecule has 0 aromatic heterocycles. The van der Waals surface area contributed by atoms with Crippen LogP contribution in [0.3, 0.4) is 0 Å². The number of hydrogen-bond donors (Lipinski definition) is 1. The van der Waals surface area contributed by atoms with Crippen LogP contribution in [-0.2, 0) is 0 Å². The van der Waals surface area contributed by atoms with Gasteiger partial charge in [0, 0.05) is 0 Å². The van der Waals surface area contributed by atoms with E-state index in [4.69, 9.17) is 0 Å². The number of halogens is 1. The zero-order valence-electron chi connectivity index (χ0n) is 9.47. The highest BCUT2D eigenvalue weighted by molar-refractivity contribution is 5.32. The van der Waals surface area contributed by atoms with Gasteiger partial charge in [-0.2, -0.15) is 0 Å². The van der Waals surface area contributed by atoms with Gasteiger partial charge in [-0.1, -0.05) is 17.7 Å². The third-order valence-corrected chi connectivity index (χ3v) is 2.39. The Labute approximate surface area is 90.3 Å². The number of hydrogen-bond acceptors (Lipinski definition) is 1. The normalized spacial score (nSPS) is 12.6. The van der Waals surface area contributed by atoms with E-state index >= 15 is 0 Å². The zero-order chi connectivity index (χ0) is 11.6. The Morgan fingerprint density at radius 3 is 2.27 bits per heavy atom. The molecule has 0 saturated heterocycles. The van der Waals surface area contributed by atoms with Crippen molar-refractivity contribution in [1.29, 1.82) is 0 Å². The van der Waals surface area contributed by atoms with Crippen LogP contribution in [0.2, 0.25) is 0 Å². The number of rotatable bonds is 3. The van der Waals surface area contributed by atoms with E-state index in [1.54, 1.807) is 26.0 Å². The van der Waals surface area contributed by atoms with Gasteiger partial charge in [0.15, 0.2) is 0 Å². The van der Waals surface area contributed by atoms with Crippen molar-refractivity contribution in [3.63, 3.8) is 0 Å². The van der Waals surface area contributed by atoms with Crippen LogP contribution >= 0.6 is 0 Å². The predicted molar refractivity (Wildman–Crippen MR) is 60.3 cm³/mol. The maximum atomic E-state index is 13.3. The van der Waals surface area contributed by atoms with Gasteiger partial charge in [-0.25, -0.2) is 4.39 Å². The van der Waals surface area contributed by atoms with Crippen molar-refractivity contribution in [1.82, 2.24) is 0 Å². The minimum absolute atomic E-state index is 0.193. The molecule has 0 bridgehead atoms. The minimum Gasteiger partial charge on any atom is -0.388 e. The first-order chi connectivity index (χ1) is 6.91. The van der Waals surface area contributed by atoms with E-state index in [2.05, 4.69) is 6.58 Å². The molecule has 0 aliphatic carbocycles. The Kier molecular flexibility index (Phi) is 3.64. The summed E-state index contributed by atoms with van der Waals surface area (Å²) >= 11 is 0. The van der Waals surface area contributed by atoms with Gasteiger partial charge in [0.2, 0.25) is 0 Å². The molecule has 0 spiro atoms. The first-order valence-corrected chi connectivity index (χ1v) is 5.01. The highest BCUT2D eigenvalue weighted by atomic mass is 19.1. The second-order valence-corrected chi connectivity index (χ2v) is 4.15. The van der Waals surface area contributed by atoms with E-state index in [0.29, 0.717) is 17.5 Å². The second kappa shape index (κ2) is 4.58. The zero-order valence-corrected chi connectivity index (χ0v) is 9.47. The Hall–Kier alpha value is -1.15. The van der Waals surface area contributed by atoms with Crippen LogP contribution < -0.4 is 0 Å². The van der Waals surface area contributed by atoms with Crippen molar-refractivity contribution < 1.29 is 9.50 Å². The van der Waals surface area contributed by atoms with Crippen molar-refractivity contribution >= 4 is 0 Å². The summed E-state index contributed by atoms with van der Waals surface area (Å²) in [5.74, 6) is -0.193. The van der Waals surface area contributed by atoms with Gasteiger partial charge in [-0.3, -0.25) is 0 Å². The molecule has 1 N–H and O–H groups in total. The summed E-state index contributed by atoms with van der Waals surface area (Å²) in [6.07, 6.45) is -0.0645. The first kappa shape index (κ1) is 11.9. The van der Waals surface area contributed by atoms with Crippen LogP contribution in [0.25, 0.3) is 0 Å². The van der Waals surface area contributed by atoms with Gasteiger partial charge in [0.1, 0.15) is 5.82 Å². The van der Waals surface area contributed by atoms with Crippen LogP contribution in [0.15, 0.2) is 24.3 Å². The number of benzene rings is 1. The molecule has 0 aliphatic heterocycles. The standard InChI is InChI=1S/C13H17FO/c1-8(2)5-12(15)11-6-9(3)13(14)10(4)7-11/h6-7,12,15H,1,5H2,2-4H3/t12-/m1/s1. The fraction of sp³-hybridized carbons (Fsp3) is 0.385. The van der Waals surface area contributed by atoms with Gasteiger partial charge in [0.25, 0.3) is 0 Å².